The number of likely N-dealkylation sites (N-methyl/N-ethyl adjacent to an activating group) is 1. The van der Waals surface area contributed by atoms with Gasteiger partial charge in [-0.1, -0.05) is 18.2 Å². The van der Waals surface area contributed by atoms with Crippen molar-refractivity contribution >= 4 is 5.84 Å². The first-order chi connectivity index (χ1) is 18.2. The third-order valence-electron chi connectivity index (χ3n) is 8.21. The summed E-state index contributed by atoms with van der Waals surface area (Å²) in [5, 5.41) is 10.7. The molecule has 0 aromatic carbocycles. The van der Waals surface area contributed by atoms with E-state index in [4.69, 9.17) is 9.98 Å². The maximum Gasteiger partial charge on any atom is 0.129 e. The van der Waals surface area contributed by atoms with Crippen molar-refractivity contribution < 1.29 is 5.11 Å². The van der Waals surface area contributed by atoms with Gasteiger partial charge in [0.1, 0.15) is 11.7 Å². The number of aryl methyl sites for hydroxylation is 1. The molecule has 0 bridgehead atoms. The molecule has 3 atom stereocenters. The molecule has 1 fully saturated rings. The Hall–Kier alpha value is -3.07. The van der Waals surface area contributed by atoms with Crippen molar-refractivity contribution in [2.75, 3.05) is 46.4 Å². The molecular weight excluding hydrogens is 462 g/mol. The van der Waals surface area contributed by atoms with Crippen LogP contribution in [0.2, 0.25) is 0 Å². The average Bonchev–Trinajstić information content (AvgIpc) is 3.30. The van der Waals surface area contributed by atoms with Gasteiger partial charge in [-0.15, -0.1) is 0 Å². The monoisotopic (exact) mass is 499 g/mol. The van der Waals surface area contributed by atoms with Gasteiger partial charge in [0.25, 0.3) is 0 Å². The molecule has 1 N–H and O–H groups in total. The van der Waals surface area contributed by atoms with Crippen LogP contribution >= 0.6 is 0 Å². The second-order valence-electron chi connectivity index (χ2n) is 10.6. The van der Waals surface area contributed by atoms with Crippen LogP contribution in [0.15, 0.2) is 71.9 Å². The number of allylic oxidation sites excluding steroid dienone is 2. The largest absolute Gasteiger partial charge is 0.394 e. The van der Waals surface area contributed by atoms with Crippen LogP contribution in [0.1, 0.15) is 35.7 Å². The molecule has 0 saturated carbocycles. The van der Waals surface area contributed by atoms with E-state index in [1.165, 1.54) is 22.6 Å². The summed E-state index contributed by atoms with van der Waals surface area (Å²) >= 11 is 0. The van der Waals surface area contributed by atoms with Crippen molar-refractivity contribution in [3.05, 3.63) is 83.7 Å². The third kappa shape index (κ3) is 4.93. The standard InChI is InChI=1S/C29H37N7O/c1-33-14-16-34(17-15-33)28-11-3-10-27-32-24(26(21-37)36(27)28)20-35(19-22-6-4-12-30-18-22)25-9-2-7-23-8-5-13-31-29(23)25/h3-6,8,10-13,18,24-26,37H,2,7,9,14-17,19-21H2,1H3/t24?,25-,26?/m0/s1. The summed E-state index contributed by atoms with van der Waals surface area (Å²) in [6.07, 6.45) is 15.4. The first kappa shape index (κ1) is 24.3. The summed E-state index contributed by atoms with van der Waals surface area (Å²) in [5.41, 5.74) is 3.74. The van der Waals surface area contributed by atoms with Crippen molar-refractivity contribution in [2.24, 2.45) is 4.99 Å². The van der Waals surface area contributed by atoms with Crippen molar-refractivity contribution in [2.45, 2.75) is 43.9 Å². The van der Waals surface area contributed by atoms with Gasteiger partial charge >= 0.3 is 0 Å². The molecule has 0 amide bonds. The topological polar surface area (TPSA) is 71.3 Å². The zero-order valence-corrected chi connectivity index (χ0v) is 21.7. The summed E-state index contributed by atoms with van der Waals surface area (Å²) in [4.78, 5) is 24.0. The number of aliphatic imine (C=N–C) groups is 1. The molecule has 2 aromatic rings. The van der Waals surface area contributed by atoms with Gasteiger partial charge in [-0.25, -0.2) is 0 Å². The van der Waals surface area contributed by atoms with E-state index in [-0.39, 0.29) is 24.7 Å². The number of hydrogen-bond acceptors (Lipinski definition) is 8. The molecule has 1 saturated heterocycles. The molecule has 8 nitrogen and oxygen atoms in total. The lowest BCUT2D eigenvalue weighted by Gasteiger charge is -2.42. The SMILES string of the molecule is CN1CCN(C2=CC=CC3=NC(CN(Cc4cccnc4)[C@H]4CCCc5cccnc54)C(CO)N23)CC1. The maximum atomic E-state index is 10.7. The van der Waals surface area contributed by atoms with Crippen LogP contribution in [0, 0.1) is 0 Å². The van der Waals surface area contributed by atoms with Gasteiger partial charge in [0.15, 0.2) is 0 Å². The maximum absolute atomic E-state index is 10.7. The fourth-order valence-corrected chi connectivity index (χ4v) is 6.24. The summed E-state index contributed by atoms with van der Waals surface area (Å²) in [5.74, 6) is 2.13. The van der Waals surface area contributed by atoms with Crippen molar-refractivity contribution in [3.63, 3.8) is 0 Å². The Morgan fingerprint density at radius 3 is 2.78 bits per heavy atom. The zero-order valence-electron chi connectivity index (χ0n) is 21.7. The van der Waals surface area contributed by atoms with Crippen molar-refractivity contribution in [1.29, 1.82) is 0 Å². The molecule has 194 valence electrons. The molecule has 0 spiro atoms. The Balaban J connectivity index is 1.28. The number of pyridine rings is 2. The lowest BCUT2D eigenvalue weighted by molar-refractivity contribution is 0.104. The Labute approximate surface area is 219 Å². The van der Waals surface area contributed by atoms with Crippen LogP contribution in [0.3, 0.4) is 0 Å². The first-order valence-electron chi connectivity index (χ1n) is 13.6. The first-order valence-corrected chi connectivity index (χ1v) is 13.6. The summed E-state index contributed by atoms with van der Waals surface area (Å²) in [6.45, 7) is 5.66. The third-order valence-corrected chi connectivity index (χ3v) is 8.21. The number of amidine groups is 1. The fourth-order valence-electron chi connectivity index (χ4n) is 6.24. The fraction of sp³-hybridized carbons (Fsp3) is 0.483. The number of nitrogens with zero attached hydrogens (tertiary/aromatic N) is 7. The van der Waals surface area contributed by atoms with Crippen molar-refractivity contribution in [3.8, 4) is 0 Å². The van der Waals surface area contributed by atoms with Crippen LogP contribution < -0.4 is 0 Å². The van der Waals surface area contributed by atoms with Gasteiger partial charge in [-0.2, -0.15) is 0 Å². The highest BCUT2D eigenvalue weighted by atomic mass is 16.3. The minimum absolute atomic E-state index is 0.0376. The second-order valence-corrected chi connectivity index (χ2v) is 10.6. The highest BCUT2D eigenvalue weighted by Crippen LogP contribution is 2.36. The minimum atomic E-state index is -0.0888. The van der Waals surface area contributed by atoms with Crippen LogP contribution in [0.25, 0.3) is 0 Å². The number of aliphatic hydroxyl groups is 1. The Kier molecular flexibility index (Phi) is 7.04. The number of fused-ring (bicyclic) bond motifs is 2. The number of hydrogen-bond donors (Lipinski definition) is 1. The molecule has 6 rings (SSSR count). The van der Waals surface area contributed by atoms with E-state index in [1.54, 1.807) is 0 Å². The lowest BCUT2D eigenvalue weighted by Crippen LogP contribution is -2.52. The molecule has 2 aromatic heterocycles. The molecule has 37 heavy (non-hydrogen) atoms. The smallest absolute Gasteiger partial charge is 0.129 e. The Morgan fingerprint density at radius 1 is 1.11 bits per heavy atom. The highest BCUT2D eigenvalue weighted by Gasteiger charge is 2.41. The number of piperazine rings is 1. The van der Waals surface area contributed by atoms with Crippen LogP contribution in [-0.2, 0) is 13.0 Å². The predicted octanol–water partition coefficient (Wildman–Crippen LogP) is 2.46. The lowest BCUT2D eigenvalue weighted by atomic mass is 9.90. The van der Waals surface area contributed by atoms with Gasteiger partial charge < -0.3 is 19.8 Å². The van der Waals surface area contributed by atoms with E-state index >= 15 is 0 Å². The predicted molar refractivity (Wildman–Crippen MR) is 145 cm³/mol. The van der Waals surface area contributed by atoms with Crippen LogP contribution in [-0.4, -0.2) is 99.0 Å². The van der Waals surface area contributed by atoms with E-state index in [9.17, 15) is 5.11 Å². The van der Waals surface area contributed by atoms with Crippen LogP contribution in [0.5, 0.6) is 0 Å². The summed E-state index contributed by atoms with van der Waals surface area (Å²) < 4.78 is 0. The molecular formula is C29H37N7O. The molecule has 1 aliphatic carbocycles. The summed E-state index contributed by atoms with van der Waals surface area (Å²) in [7, 11) is 2.18. The van der Waals surface area contributed by atoms with E-state index in [2.05, 4.69) is 62.0 Å². The van der Waals surface area contributed by atoms with E-state index < -0.39 is 0 Å². The Bertz CT molecular complexity index is 1170. The molecule has 8 heteroatoms. The molecule has 0 radical (unpaired) electrons. The summed E-state index contributed by atoms with van der Waals surface area (Å²) in [6, 6.07) is 8.52. The Morgan fingerprint density at radius 2 is 1.97 bits per heavy atom. The quantitative estimate of drug-likeness (QED) is 0.628. The van der Waals surface area contributed by atoms with Gasteiger partial charge in [0.2, 0.25) is 0 Å². The number of aromatic nitrogens is 2. The van der Waals surface area contributed by atoms with Gasteiger partial charge in [-0.3, -0.25) is 19.9 Å². The van der Waals surface area contributed by atoms with E-state index in [0.29, 0.717) is 0 Å². The average molecular weight is 500 g/mol. The van der Waals surface area contributed by atoms with Gasteiger partial charge in [-0.05, 0) is 61.7 Å². The second kappa shape index (κ2) is 10.7. The van der Waals surface area contributed by atoms with Crippen molar-refractivity contribution in [1.82, 2.24) is 29.6 Å². The highest BCUT2D eigenvalue weighted by molar-refractivity contribution is 5.97. The van der Waals surface area contributed by atoms with Gasteiger partial charge in [0.05, 0.1) is 30.4 Å². The number of aliphatic hydroxyl groups excluding tert-OH is 1. The molecule has 5 heterocycles. The molecule has 4 aliphatic rings. The van der Waals surface area contributed by atoms with E-state index in [1.807, 2.05) is 30.7 Å². The molecule has 3 aliphatic heterocycles. The zero-order chi connectivity index (χ0) is 25.2. The van der Waals surface area contributed by atoms with Crippen LogP contribution in [0.4, 0.5) is 0 Å². The normalized spacial score (nSPS) is 25.6. The molecule has 2 unspecified atom stereocenters. The number of rotatable bonds is 7. The minimum Gasteiger partial charge on any atom is -0.394 e. The van der Waals surface area contributed by atoms with Gasteiger partial charge in [0, 0.05) is 57.9 Å². The van der Waals surface area contributed by atoms with E-state index in [0.717, 1.165) is 64.4 Å².